The molecule has 0 N–H and O–H groups in total. The maximum Gasteiger partial charge on any atom is 0.141 e. The van der Waals surface area contributed by atoms with Gasteiger partial charge in [0.25, 0.3) is 0 Å². The van der Waals surface area contributed by atoms with Crippen LogP contribution in [-0.2, 0) is 6.42 Å². The minimum atomic E-state index is -0.0563. The molecule has 2 heteroatoms. The topological polar surface area (TPSA) is 22.1 Å². The molecule has 57 valence electrons. The minimum Gasteiger partial charge on any atom is -0.486 e. The largest absolute Gasteiger partial charge is 0.486 e. The molecule has 1 aliphatic rings. The number of rotatable bonds is 0. The highest BCUT2D eigenvalue weighted by atomic mass is 16.5. The molecule has 11 heavy (non-hydrogen) atoms. The highest BCUT2D eigenvalue weighted by Crippen LogP contribution is 2.33. The number of hydrogen-bond acceptors (Lipinski definition) is 2. The lowest BCUT2D eigenvalue weighted by Crippen LogP contribution is -2.24. The number of pyridine rings is 1. The molecule has 2 rings (SSSR count). The van der Waals surface area contributed by atoms with E-state index < -0.39 is 0 Å². The Morgan fingerprint density at radius 1 is 1.64 bits per heavy atom. The molecular formula is C9H10NO. The van der Waals surface area contributed by atoms with E-state index in [2.05, 4.69) is 25.0 Å². The van der Waals surface area contributed by atoms with Gasteiger partial charge in [-0.05, 0) is 19.9 Å². The monoisotopic (exact) mass is 148 g/mol. The highest BCUT2D eigenvalue weighted by molar-refractivity contribution is 5.35. The van der Waals surface area contributed by atoms with Gasteiger partial charge in [-0.1, -0.05) is 0 Å². The third kappa shape index (κ3) is 1.09. The minimum absolute atomic E-state index is 0.0563. The molecule has 1 radical (unpaired) electrons. The summed E-state index contributed by atoms with van der Waals surface area (Å²) >= 11 is 0. The van der Waals surface area contributed by atoms with Crippen molar-refractivity contribution in [1.82, 2.24) is 4.98 Å². The van der Waals surface area contributed by atoms with Gasteiger partial charge in [0, 0.05) is 12.0 Å². The van der Waals surface area contributed by atoms with Gasteiger partial charge in [-0.2, -0.15) is 0 Å². The zero-order valence-corrected chi connectivity index (χ0v) is 6.72. The smallest absolute Gasteiger partial charge is 0.141 e. The fraction of sp³-hybridized carbons (Fsp3) is 0.444. The molecule has 2 nitrogen and oxygen atoms in total. The van der Waals surface area contributed by atoms with Crippen LogP contribution in [0.2, 0.25) is 0 Å². The summed E-state index contributed by atoms with van der Waals surface area (Å²) in [6.07, 6.45) is 5.49. The fourth-order valence-electron chi connectivity index (χ4n) is 1.39. The maximum atomic E-state index is 5.61. The molecule has 0 saturated carbocycles. The molecule has 0 saturated heterocycles. The van der Waals surface area contributed by atoms with Crippen molar-refractivity contribution < 1.29 is 4.74 Å². The number of hydrogen-bond donors (Lipinski definition) is 0. The molecule has 0 bridgehead atoms. The SMILES string of the molecule is CC1(C)Cc2c[c]ncc2O1. The van der Waals surface area contributed by atoms with Crippen LogP contribution >= 0.6 is 0 Å². The average Bonchev–Trinajstić information content (AvgIpc) is 2.21. The molecular weight excluding hydrogens is 138 g/mol. The van der Waals surface area contributed by atoms with Crippen LogP contribution in [0.15, 0.2) is 12.3 Å². The van der Waals surface area contributed by atoms with E-state index in [1.807, 2.05) is 6.07 Å². The van der Waals surface area contributed by atoms with Gasteiger partial charge in [-0.25, -0.2) is 0 Å². The van der Waals surface area contributed by atoms with E-state index >= 15 is 0 Å². The predicted molar refractivity (Wildman–Crippen MR) is 41.5 cm³/mol. The van der Waals surface area contributed by atoms with Crippen molar-refractivity contribution in [1.29, 1.82) is 0 Å². The van der Waals surface area contributed by atoms with Crippen LogP contribution < -0.4 is 4.74 Å². The molecule has 0 aromatic carbocycles. The number of aromatic nitrogens is 1. The van der Waals surface area contributed by atoms with Gasteiger partial charge in [-0.3, -0.25) is 4.98 Å². The molecule has 1 aromatic heterocycles. The standard InChI is InChI=1S/C9H10NO/c1-9(2)5-7-3-4-10-6-8(7)11-9/h3,6H,5H2,1-2H3. The molecule has 0 aliphatic carbocycles. The summed E-state index contributed by atoms with van der Waals surface area (Å²) in [5, 5.41) is 0. The summed E-state index contributed by atoms with van der Waals surface area (Å²) in [7, 11) is 0. The second-order valence-electron chi connectivity index (χ2n) is 3.46. The molecule has 2 heterocycles. The van der Waals surface area contributed by atoms with Crippen molar-refractivity contribution in [2.75, 3.05) is 0 Å². The quantitative estimate of drug-likeness (QED) is 0.557. The van der Waals surface area contributed by atoms with E-state index in [4.69, 9.17) is 4.74 Å². The van der Waals surface area contributed by atoms with Crippen LogP contribution in [0, 0.1) is 6.20 Å². The van der Waals surface area contributed by atoms with Gasteiger partial charge in [0.1, 0.15) is 11.4 Å². The van der Waals surface area contributed by atoms with E-state index in [0.717, 1.165) is 12.2 Å². The Morgan fingerprint density at radius 3 is 3.18 bits per heavy atom. The third-order valence-corrected chi connectivity index (χ3v) is 1.81. The molecule has 0 amide bonds. The summed E-state index contributed by atoms with van der Waals surface area (Å²) in [6.45, 7) is 4.15. The Hall–Kier alpha value is -1.05. The molecule has 0 fully saturated rings. The lowest BCUT2D eigenvalue weighted by Gasteiger charge is -2.16. The van der Waals surface area contributed by atoms with Crippen LogP contribution in [0.4, 0.5) is 0 Å². The molecule has 0 atom stereocenters. The zero-order chi connectivity index (χ0) is 7.90. The third-order valence-electron chi connectivity index (χ3n) is 1.81. The van der Waals surface area contributed by atoms with Crippen molar-refractivity contribution in [2.24, 2.45) is 0 Å². The first-order valence-corrected chi connectivity index (χ1v) is 3.71. The second-order valence-corrected chi connectivity index (χ2v) is 3.46. The molecule has 0 unspecified atom stereocenters. The van der Waals surface area contributed by atoms with Gasteiger partial charge in [0.15, 0.2) is 0 Å². The van der Waals surface area contributed by atoms with Crippen molar-refractivity contribution >= 4 is 0 Å². The highest BCUT2D eigenvalue weighted by Gasteiger charge is 2.29. The van der Waals surface area contributed by atoms with E-state index in [0.29, 0.717) is 0 Å². The van der Waals surface area contributed by atoms with Gasteiger partial charge in [0.05, 0.1) is 12.4 Å². The number of ether oxygens (including phenoxy) is 1. The van der Waals surface area contributed by atoms with E-state index in [-0.39, 0.29) is 5.60 Å². The molecule has 1 aromatic rings. The van der Waals surface area contributed by atoms with Crippen molar-refractivity contribution in [3.63, 3.8) is 0 Å². The van der Waals surface area contributed by atoms with Crippen molar-refractivity contribution in [3.8, 4) is 5.75 Å². The summed E-state index contributed by atoms with van der Waals surface area (Å²) in [4.78, 5) is 3.87. The number of fused-ring (bicyclic) bond motifs is 1. The first-order valence-electron chi connectivity index (χ1n) is 3.71. The van der Waals surface area contributed by atoms with Gasteiger partial charge in [-0.15, -0.1) is 0 Å². The normalized spacial score (nSPS) is 19.1. The Morgan fingerprint density at radius 2 is 2.45 bits per heavy atom. The second kappa shape index (κ2) is 1.97. The van der Waals surface area contributed by atoms with Crippen LogP contribution in [0.5, 0.6) is 5.75 Å². The summed E-state index contributed by atoms with van der Waals surface area (Å²) in [5.74, 6) is 0.911. The van der Waals surface area contributed by atoms with E-state index in [1.165, 1.54) is 5.56 Å². The lowest BCUT2D eigenvalue weighted by atomic mass is 10.0. The van der Waals surface area contributed by atoms with E-state index in [1.54, 1.807) is 6.20 Å². The lowest BCUT2D eigenvalue weighted by molar-refractivity contribution is 0.138. The Bertz CT molecular complexity index is 254. The predicted octanol–water partition coefficient (Wildman–Crippen LogP) is 1.60. The molecule has 1 aliphatic heterocycles. The summed E-state index contributed by atoms with van der Waals surface area (Å²) in [5.41, 5.74) is 1.16. The van der Waals surface area contributed by atoms with Crippen molar-refractivity contribution in [3.05, 3.63) is 24.0 Å². The van der Waals surface area contributed by atoms with Crippen LogP contribution in [0.25, 0.3) is 0 Å². The van der Waals surface area contributed by atoms with E-state index in [9.17, 15) is 0 Å². The average molecular weight is 148 g/mol. The van der Waals surface area contributed by atoms with Gasteiger partial charge < -0.3 is 4.74 Å². The fourth-order valence-corrected chi connectivity index (χ4v) is 1.39. The Labute approximate surface area is 66.2 Å². The first-order chi connectivity index (χ1) is 5.17. The van der Waals surface area contributed by atoms with Gasteiger partial charge in [0.2, 0.25) is 0 Å². The Kier molecular flexibility index (Phi) is 1.19. The summed E-state index contributed by atoms with van der Waals surface area (Å²) in [6, 6.07) is 1.89. The zero-order valence-electron chi connectivity index (χ0n) is 6.72. The Balaban J connectivity index is 2.41. The maximum absolute atomic E-state index is 5.61. The number of nitrogens with zero attached hydrogens (tertiary/aromatic N) is 1. The van der Waals surface area contributed by atoms with Crippen LogP contribution in [-0.4, -0.2) is 10.6 Å². The van der Waals surface area contributed by atoms with Crippen molar-refractivity contribution in [2.45, 2.75) is 25.9 Å². The van der Waals surface area contributed by atoms with Crippen LogP contribution in [0.3, 0.4) is 0 Å². The summed E-state index contributed by atoms with van der Waals surface area (Å²) < 4.78 is 5.61. The van der Waals surface area contributed by atoms with Crippen LogP contribution in [0.1, 0.15) is 19.4 Å². The van der Waals surface area contributed by atoms with Gasteiger partial charge >= 0.3 is 0 Å². The first kappa shape index (κ1) is 6.65. The molecule has 0 spiro atoms.